The van der Waals surface area contributed by atoms with Crippen LogP contribution >= 0.6 is 0 Å². The molecule has 0 atom stereocenters. The first-order valence-electron chi connectivity index (χ1n) is 8.45. The van der Waals surface area contributed by atoms with Gasteiger partial charge in [0.2, 0.25) is 0 Å². The maximum atomic E-state index is 12.6. The molecule has 0 saturated carbocycles. The minimum absolute atomic E-state index is 0.131. The Morgan fingerprint density at radius 3 is 2.56 bits per heavy atom. The van der Waals surface area contributed by atoms with Crippen LogP contribution in [0.3, 0.4) is 0 Å². The lowest BCUT2D eigenvalue weighted by Gasteiger charge is -2.08. The first-order valence-corrected chi connectivity index (χ1v) is 8.45. The zero-order valence-electron chi connectivity index (χ0n) is 14.8. The van der Waals surface area contributed by atoms with Crippen LogP contribution in [0.2, 0.25) is 0 Å². The lowest BCUT2D eigenvalue weighted by Crippen LogP contribution is -2.25. The van der Waals surface area contributed by atoms with E-state index < -0.39 is 11.7 Å². The predicted molar refractivity (Wildman–Crippen MR) is 93.4 cm³/mol. The molecule has 1 amide bonds. The number of fused-ring (bicyclic) bond motifs is 1. The average molecular weight is 377 g/mol. The second-order valence-corrected chi connectivity index (χ2v) is 6.50. The van der Waals surface area contributed by atoms with Crippen LogP contribution in [0.25, 0.3) is 11.1 Å². The number of aromatic nitrogens is 2. The van der Waals surface area contributed by atoms with Crippen molar-refractivity contribution in [3.8, 4) is 0 Å². The standard InChI is InChI=1S/C19H18F3N3O2/c1-11(2)16-15-9-13(10-24-18(15)27-25-16)17(26)23-8-7-12-3-5-14(6-4-12)19(20,21)22/h3-6,9-11H,7-8H2,1-2H3,(H,23,26). The number of benzene rings is 1. The van der Waals surface area contributed by atoms with E-state index in [-0.39, 0.29) is 11.8 Å². The van der Waals surface area contributed by atoms with E-state index in [1.165, 1.54) is 18.3 Å². The summed E-state index contributed by atoms with van der Waals surface area (Å²) < 4.78 is 42.8. The largest absolute Gasteiger partial charge is 0.416 e. The van der Waals surface area contributed by atoms with Crippen LogP contribution in [0.5, 0.6) is 0 Å². The molecule has 2 aromatic heterocycles. The Kier molecular flexibility index (Phi) is 5.16. The summed E-state index contributed by atoms with van der Waals surface area (Å²) in [6, 6.07) is 6.58. The Morgan fingerprint density at radius 2 is 1.93 bits per heavy atom. The van der Waals surface area contributed by atoms with Crippen molar-refractivity contribution < 1.29 is 22.5 Å². The van der Waals surface area contributed by atoms with Gasteiger partial charge in [-0.05, 0) is 36.1 Å². The molecule has 1 N–H and O–H groups in total. The van der Waals surface area contributed by atoms with Gasteiger partial charge in [-0.15, -0.1) is 0 Å². The fourth-order valence-electron chi connectivity index (χ4n) is 2.67. The average Bonchev–Trinajstić information content (AvgIpc) is 3.04. The summed E-state index contributed by atoms with van der Waals surface area (Å²) in [5.41, 5.74) is 1.50. The minimum Gasteiger partial charge on any atom is -0.352 e. The van der Waals surface area contributed by atoms with E-state index in [0.717, 1.165) is 17.8 Å². The van der Waals surface area contributed by atoms with Gasteiger partial charge in [0.15, 0.2) is 0 Å². The number of halogens is 3. The number of carbonyl (C=O) groups is 1. The number of hydrogen-bond donors (Lipinski definition) is 1. The molecule has 0 aliphatic carbocycles. The third-order valence-corrected chi connectivity index (χ3v) is 4.15. The summed E-state index contributed by atoms with van der Waals surface area (Å²) in [5, 5.41) is 7.41. The second-order valence-electron chi connectivity index (χ2n) is 6.50. The molecule has 142 valence electrons. The van der Waals surface area contributed by atoms with Gasteiger partial charge in [0.1, 0.15) is 0 Å². The molecule has 1 aromatic carbocycles. The van der Waals surface area contributed by atoms with Crippen LogP contribution in [0.1, 0.15) is 46.9 Å². The van der Waals surface area contributed by atoms with E-state index >= 15 is 0 Å². The molecular weight excluding hydrogens is 359 g/mol. The van der Waals surface area contributed by atoms with Crippen molar-refractivity contribution >= 4 is 17.0 Å². The van der Waals surface area contributed by atoms with Crippen molar-refractivity contribution in [3.63, 3.8) is 0 Å². The number of amides is 1. The third kappa shape index (κ3) is 4.27. The number of pyridine rings is 1. The minimum atomic E-state index is -4.35. The number of rotatable bonds is 5. The summed E-state index contributed by atoms with van der Waals surface area (Å²) in [5.74, 6) is -0.182. The highest BCUT2D eigenvalue weighted by Crippen LogP contribution is 2.29. The lowest BCUT2D eigenvalue weighted by atomic mass is 10.1. The first-order chi connectivity index (χ1) is 12.8. The molecule has 8 heteroatoms. The fourth-order valence-corrected chi connectivity index (χ4v) is 2.67. The van der Waals surface area contributed by atoms with Gasteiger partial charge in [-0.2, -0.15) is 13.2 Å². The molecule has 5 nitrogen and oxygen atoms in total. The molecule has 0 spiro atoms. The Bertz CT molecular complexity index is 947. The fraction of sp³-hybridized carbons (Fsp3) is 0.316. The molecule has 0 fully saturated rings. The van der Waals surface area contributed by atoms with Crippen LogP contribution in [0.4, 0.5) is 13.2 Å². The molecular formula is C19H18F3N3O2. The third-order valence-electron chi connectivity index (χ3n) is 4.15. The van der Waals surface area contributed by atoms with Crippen molar-refractivity contribution in [2.75, 3.05) is 6.54 Å². The molecule has 2 heterocycles. The molecule has 3 aromatic rings. The summed E-state index contributed by atoms with van der Waals surface area (Å²) >= 11 is 0. The summed E-state index contributed by atoms with van der Waals surface area (Å²) in [6.07, 6.45) is -2.52. The molecule has 3 rings (SSSR count). The molecule has 0 unspecified atom stereocenters. The van der Waals surface area contributed by atoms with Crippen molar-refractivity contribution in [2.24, 2.45) is 0 Å². The topological polar surface area (TPSA) is 68.0 Å². The highest BCUT2D eigenvalue weighted by molar-refractivity contribution is 5.97. The van der Waals surface area contributed by atoms with Crippen LogP contribution in [-0.4, -0.2) is 22.6 Å². The predicted octanol–water partition coefficient (Wildman–Crippen LogP) is 4.34. The van der Waals surface area contributed by atoms with Crippen LogP contribution < -0.4 is 5.32 Å². The Balaban J connectivity index is 1.62. The van der Waals surface area contributed by atoms with Crippen molar-refractivity contribution in [2.45, 2.75) is 32.4 Å². The summed E-state index contributed by atoms with van der Waals surface area (Å²) in [4.78, 5) is 16.4. The zero-order chi connectivity index (χ0) is 19.6. The zero-order valence-corrected chi connectivity index (χ0v) is 14.8. The van der Waals surface area contributed by atoms with E-state index in [1.54, 1.807) is 6.07 Å². The first kappa shape index (κ1) is 18.9. The van der Waals surface area contributed by atoms with Gasteiger partial charge in [0.05, 0.1) is 22.2 Å². The van der Waals surface area contributed by atoms with Crippen molar-refractivity contribution in [3.05, 3.63) is 58.9 Å². The maximum Gasteiger partial charge on any atom is 0.416 e. The van der Waals surface area contributed by atoms with Gasteiger partial charge in [0.25, 0.3) is 11.6 Å². The molecule has 0 aliphatic heterocycles. The van der Waals surface area contributed by atoms with E-state index in [0.29, 0.717) is 35.2 Å². The monoisotopic (exact) mass is 377 g/mol. The van der Waals surface area contributed by atoms with Crippen molar-refractivity contribution in [1.82, 2.24) is 15.5 Å². The Labute approximate surface area is 153 Å². The summed E-state index contributed by atoms with van der Waals surface area (Å²) in [7, 11) is 0. The molecule has 0 bridgehead atoms. The lowest BCUT2D eigenvalue weighted by molar-refractivity contribution is -0.137. The number of nitrogens with one attached hydrogen (secondary N) is 1. The van der Waals surface area contributed by atoms with Gasteiger partial charge in [-0.25, -0.2) is 4.98 Å². The smallest absolute Gasteiger partial charge is 0.352 e. The van der Waals surface area contributed by atoms with E-state index in [9.17, 15) is 18.0 Å². The number of hydrogen-bond acceptors (Lipinski definition) is 4. The van der Waals surface area contributed by atoms with Gasteiger partial charge in [-0.3, -0.25) is 4.79 Å². The van der Waals surface area contributed by atoms with Crippen LogP contribution in [0.15, 0.2) is 41.1 Å². The highest BCUT2D eigenvalue weighted by Gasteiger charge is 2.29. The van der Waals surface area contributed by atoms with E-state index in [1.807, 2.05) is 13.8 Å². The molecule has 0 radical (unpaired) electrons. The van der Waals surface area contributed by atoms with Gasteiger partial charge in [-0.1, -0.05) is 31.1 Å². The molecule has 0 saturated heterocycles. The number of alkyl halides is 3. The van der Waals surface area contributed by atoms with Crippen LogP contribution in [0, 0.1) is 0 Å². The molecule has 0 aliphatic rings. The van der Waals surface area contributed by atoms with Crippen molar-refractivity contribution in [1.29, 1.82) is 0 Å². The Morgan fingerprint density at radius 1 is 1.22 bits per heavy atom. The Hall–Kier alpha value is -2.90. The van der Waals surface area contributed by atoms with Gasteiger partial charge < -0.3 is 9.84 Å². The molecule has 27 heavy (non-hydrogen) atoms. The van der Waals surface area contributed by atoms with Crippen LogP contribution in [-0.2, 0) is 12.6 Å². The number of nitrogens with zero attached hydrogens (tertiary/aromatic N) is 2. The SMILES string of the molecule is CC(C)c1noc2ncc(C(=O)NCCc3ccc(C(F)(F)F)cc3)cc12. The van der Waals surface area contributed by atoms with Gasteiger partial charge in [0, 0.05) is 12.7 Å². The number of carbonyl (C=O) groups excluding carboxylic acids is 1. The van der Waals surface area contributed by atoms with E-state index in [2.05, 4.69) is 15.5 Å². The highest BCUT2D eigenvalue weighted by atomic mass is 19.4. The van der Waals surface area contributed by atoms with E-state index in [4.69, 9.17) is 4.52 Å². The normalized spacial score (nSPS) is 11.9. The van der Waals surface area contributed by atoms with Gasteiger partial charge >= 0.3 is 6.18 Å². The second kappa shape index (κ2) is 7.38. The summed E-state index contributed by atoms with van der Waals surface area (Å²) in [6.45, 7) is 4.23. The quantitative estimate of drug-likeness (QED) is 0.718. The maximum absolute atomic E-state index is 12.6.